The van der Waals surface area contributed by atoms with Crippen LogP contribution in [0.4, 0.5) is 0 Å². The van der Waals surface area contributed by atoms with Gasteiger partial charge in [0.25, 0.3) is 0 Å². The maximum absolute atomic E-state index is 10.1. The molecule has 3 heteroatoms. The fourth-order valence-corrected chi connectivity index (χ4v) is 2.58. The van der Waals surface area contributed by atoms with Crippen molar-refractivity contribution < 1.29 is 10.3 Å². The van der Waals surface area contributed by atoms with Crippen LogP contribution in [0.15, 0.2) is 48.5 Å². The molecule has 0 aliphatic heterocycles. The number of hydrogen-bond acceptors (Lipinski definition) is 3. The van der Waals surface area contributed by atoms with Crippen molar-refractivity contribution in [1.29, 1.82) is 0 Å². The summed E-state index contributed by atoms with van der Waals surface area (Å²) in [6.07, 6.45) is 0. The quantitative estimate of drug-likeness (QED) is 0.834. The molecule has 2 aromatic rings. The van der Waals surface area contributed by atoms with Crippen molar-refractivity contribution in [3.8, 4) is 5.75 Å². The first-order chi connectivity index (χ1) is 9.80. The van der Waals surface area contributed by atoms with Crippen molar-refractivity contribution in [3.63, 3.8) is 0 Å². The normalized spacial score (nSPS) is 13.4. The minimum absolute atomic E-state index is 0.157. The fourth-order valence-electron chi connectivity index (χ4n) is 2.58. The lowest BCUT2D eigenvalue weighted by molar-refractivity contribution is -0.0916. The van der Waals surface area contributed by atoms with Crippen molar-refractivity contribution >= 4 is 0 Å². The number of benzene rings is 2. The summed E-state index contributed by atoms with van der Waals surface area (Å²) in [5.74, 6) is 0.290. The van der Waals surface area contributed by atoms with Crippen LogP contribution in [0.25, 0.3) is 0 Å². The molecule has 1 atom stereocenters. The molecule has 2 rings (SSSR count). The van der Waals surface area contributed by atoms with Gasteiger partial charge >= 0.3 is 0 Å². The van der Waals surface area contributed by atoms with Gasteiger partial charge in [0.2, 0.25) is 0 Å². The molecular formula is C18H23NO2. The molecule has 0 aromatic heterocycles. The zero-order valence-corrected chi connectivity index (χ0v) is 13.0. The summed E-state index contributed by atoms with van der Waals surface area (Å²) < 4.78 is 0. The summed E-state index contributed by atoms with van der Waals surface area (Å²) in [5, 5.41) is 21.3. The van der Waals surface area contributed by atoms with E-state index >= 15 is 0 Å². The summed E-state index contributed by atoms with van der Waals surface area (Å²) in [6, 6.07) is 15.1. The Morgan fingerprint density at radius 3 is 2.10 bits per heavy atom. The van der Waals surface area contributed by atoms with Gasteiger partial charge in [-0.15, -0.1) is 0 Å². The first-order valence-electron chi connectivity index (χ1n) is 7.11. The number of phenols is 1. The largest absolute Gasteiger partial charge is 0.508 e. The number of hydroxylamine groups is 2. The Kier molecular flexibility index (Phi) is 4.35. The van der Waals surface area contributed by atoms with Crippen LogP contribution in [-0.4, -0.2) is 22.4 Å². The molecule has 0 saturated carbocycles. The Labute approximate surface area is 126 Å². The third-order valence-corrected chi connectivity index (χ3v) is 3.63. The highest BCUT2D eigenvalue weighted by molar-refractivity contribution is 5.43. The molecule has 21 heavy (non-hydrogen) atoms. The zero-order valence-electron chi connectivity index (χ0n) is 13.0. The fraction of sp³-hybridized carbons (Fsp3) is 0.333. The Bertz CT molecular complexity index is 600. The highest BCUT2D eigenvalue weighted by Gasteiger charge is 2.23. The molecule has 2 aromatic carbocycles. The van der Waals surface area contributed by atoms with Gasteiger partial charge < -0.3 is 10.3 Å². The first kappa shape index (κ1) is 15.5. The molecule has 0 aliphatic rings. The molecule has 0 spiro atoms. The molecule has 112 valence electrons. The van der Waals surface area contributed by atoms with E-state index in [0.717, 1.165) is 16.7 Å². The number of rotatable bonds is 3. The van der Waals surface area contributed by atoms with Crippen LogP contribution in [-0.2, 0) is 5.41 Å². The van der Waals surface area contributed by atoms with Crippen LogP contribution in [0.1, 0.15) is 43.5 Å². The molecular weight excluding hydrogens is 262 g/mol. The number of nitrogens with zero attached hydrogens (tertiary/aromatic N) is 1. The minimum atomic E-state index is -0.257. The molecule has 0 heterocycles. The van der Waals surface area contributed by atoms with Crippen molar-refractivity contribution in [3.05, 3.63) is 65.2 Å². The summed E-state index contributed by atoms with van der Waals surface area (Å²) in [4.78, 5) is 0. The van der Waals surface area contributed by atoms with E-state index in [9.17, 15) is 10.3 Å². The SMILES string of the molecule is CN(O)C(c1ccccc1)c1ccc(O)c(C(C)(C)C)c1. The maximum Gasteiger partial charge on any atom is 0.119 e. The number of aromatic hydroxyl groups is 1. The van der Waals surface area contributed by atoms with Gasteiger partial charge in [-0.25, -0.2) is 0 Å². The first-order valence-corrected chi connectivity index (χ1v) is 7.11. The van der Waals surface area contributed by atoms with Gasteiger partial charge in [-0.05, 0) is 34.2 Å². The summed E-state index contributed by atoms with van der Waals surface area (Å²) in [5.41, 5.74) is 2.68. The van der Waals surface area contributed by atoms with Gasteiger partial charge in [0.05, 0.1) is 6.04 Å². The van der Waals surface area contributed by atoms with E-state index in [0.29, 0.717) is 5.75 Å². The van der Waals surface area contributed by atoms with E-state index in [2.05, 4.69) is 20.8 Å². The molecule has 0 radical (unpaired) electrons. The van der Waals surface area contributed by atoms with E-state index in [4.69, 9.17) is 0 Å². The van der Waals surface area contributed by atoms with Crippen molar-refractivity contribution in [2.24, 2.45) is 0 Å². The van der Waals surface area contributed by atoms with Gasteiger partial charge in [-0.1, -0.05) is 57.2 Å². The average Bonchev–Trinajstić information content (AvgIpc) is 2.40. The van der Waals surface area contributed by atoms with Crippen molar-refractivity contribution in [1.82, 2.24) is 5.06 Å². The van der Waals surface area contributed by atoms with Gasteiger partial charge in [0.1, 0.15) is 5.75 Å². The third-order valence-electron chi connectivity index (χ3n) is 3.63. The lowest BCUT2D eigenvalue weighted by Crippen LogP contribution is -2.22. The standard InChI is InChI=1S/C18H23NO2/c1-18(2,3)15-12-14(10-11-16(15)20)17(19(4)21)13-8-6-5-7-9-13/h5-12,17,20-21H,1-4H3. The highest BCUT2D eigenvalue weighted by atomic mass is 16.5. The average molecular weight is 285 g/mol. The predicted molar refractivity (Wildman–Crippen MR) is 84.6 cm³/mol. The molecule has 2 N–H and O–H groups in total. The number of phenolic OH excluding ortho intramolecular Hbond substituents is 1. The van der Waals surface area contributed by atoms with Crippen LogP contribution >= 0.6 is 0 Å². The van der Waals surface area contributed by atoms with Crippen LogP contribution in [0.5, 0.6) is 5.75 Å². The lowest BCUT2D eigenvalue weighted by atomic mass is 9.84. The van der Waals surface area contributed by atoms with E-state index in [1.54, 1.807) is 13.1 Å². The third kappa shape index (κ3) is 3.43. The summed E-state index contributed by atoms with van der Waals surface area (Å²) in [7, 11) is 1.64. The Balaban J connectivity index is 2.52. The van der Waals surface area contributed by atoms with E-state index in [1.165, 1.54) is 5.06 Å². The van der Waals surface area contributed by atoms with Gasteiger partial charge in [-0.3, -0.25) is 0 Å². The van der Waals surface area contributed by atoms with E-state index in [-0.39, 0.29) is 11.5 Å². The van der Waals surface area contributed by atoms with Gasteiger partial charge in [0.15, 0.2) is 0 Å². The second-order valence-electron chi connectivity index (χ2n) is 6.41. The lowest BCUT2D eigenvalue weighted by Gasteiger charge is -2.27. The topological polar surface area (TPSA) is 43.7 Å². The van der Waals surface area contributed by atoms with Crippen molar-refractivity contribution in [2.75, 3.05) is 7.05 Å². The molecule has 0 fully saturated rings. The van der Waals surface area contributed by atoms with Crippen LogP contribution in [0, 0.1) is 0 Å². The van der Waals surface area contributed by atoms with Crippen LogP contribution in [0.2, 0.25) is 0 Å². The minimum Gasteiger partial charge on any atom is -0.508 e. The Morgan fingerprint density at radius 1 is 0.952 bits per heavy atom. The molecule has 0 amide bonds. The summed E-state index contributed by atoms with van der Waals surface area (Å²) in [6.45, 7) is 6.18. The number of hydrogen-bond donors (Lipinski definition) is 2. The maximum atomic E-state index is 10.1. The Morgan fingerprint density at radius 2 is 1.57 bits per heavy atom. The van der Waals surface area contributed by atoms with Crippen LogP contribution in [0.3, 0.4) is 0 Å². The van der Waals surface area contributed by atoms with Crippen molar-refractivity contribution in [2.45, 2.75) is 32.2 Å². The molecule has 3 nitrogen and oxygen atoms in total. The van der Waals surface area contributed by atoms with E-state index < -0.39 is 0 Å². The second-order valence-corrected chi connectivity index (χ2v) is 6.41. The predicted octanol–water partition coefficient (Wildman–Crippen LogP) is 4.10. The zero-order chi connectivity index (χ0) is 15.6. The molecule has 0 saturated heterocycles. The molecule has 0 bridgehead atoms. The molecule has 0 aliphatic carbocycles. The Hall–Kier alpha value is -1.84. The van der Waals surface area contributed by atoms with Gasteiger partial charge in [0, 0.05) is 7.05 Å². The monoisotopic (exact) mass is 285 g/mol. The molecule has 1 unspecified atom stereocenters. The smallest absolute Gasteiger partial charge is 0.119 e. The summed E-state index contributed by atoms with van der Waals surface area (Å²) >= 11 is 0. The second kappa shape index (κ2) is 5.88. The van der Waals surface area contributed by atoms with Crippen LogP contribution < -0.4 is 0 Å². The van der Waals surface area contributed by atoms with E-state index in [1.807, 2.05) is 42.5 Å². The highest BCUT2D eigenvalue weighted by Crippen LogP contribution is 2.35. The van der Waals surface area contributed by atoms with Gasteiger partial charge in [-0.2, -0.15) is 5.06 Å².